The van der Waals surface area contributed by atoms with Gasteiger partial charge in [-0.05, 0) is 25.3 Å². The molecule has 1 saturated carbocycles. The molecule has 0 radical (unpaired) electrons. The van der Waals surface area contributed by atoms with Crippen molar-refractivity contribution >= 4 is 11.6 Å². The number of alkyl halides is 1. The van der Waals surface area contributed by atoms with E-state index in [0.717, 1.165) is 17.1 Å². The maximum atomic E-state index is 5.78. The van der Waals surface area contributed by atoms with E-state index in [0.29, 0.717) is 5.88 Å². The van der Waals surface area contributed by atoms with E-state index in [1.807, 2.05) is 13.1 Å². The number of rotatable bonds is 2. The zero-order chi connectivity index (χ0) is 9.47. The first kappa shape index (κ1) is 8.95. The van der Waals surface area contributed by atoms with Crippen molar-refractivity contribution in [2.45, 2.75) is 38.0 Å². The molecule has 0 atom stereocenters. The average Bonchev–Trinajstić information content (AvgIpc) is 2.86. The molecule has 0 saturated heterocycles. The Morgan fingerprint density at radius 2 is 2.23 bits per heavy atom. The molecule has 13 heavy (non-hydrogen) atoms. The van der Waals surface area contributed by atoms with Crippen LogP contribution in [0.15, 0.2) is 6.20 Å². The van der Waals surface area contributed by atoms with E-state index in [9.17, 15) is 0 Å². The van der Waals surface area contributed by atoms with Gasteiger partial charge in [0.25, 0.3) is 0 Å². The maximum Gasteiger partial charge on any atom is 0.134 e. The van der Waals surface area contributed by atoms with Gasteiger partial charge >= 0.3 is 0 Å². The Balaban J connectivity index is 2.39. The topological polar surface area (TPSA) is 25.8 Å². The minimum absolute atomic E-state index is 0.245. The first-order valence-corrected chi connectivity index (χ1v) is 5.08. The average molecular weight is 197 g/mol. The molecule has 0 bridgehead atoms. The summed E-state index contributed by atoms with van der Waals surface area (Å²) in [5, 5.41) is 0. The summed E-state index contributed by atoms with van der Waals surface area (Å²) in [6.07, 6.45) is 4.29. The van der Waals surface area contributed by atoms with Crippen molar-refractivity contribution in [3.63, 3.8) is 0 Å². The van der Waals surface area contributed by atoms with Crippen molar-refractivity contribution < 1.29 is 0 Å². The minimum atomic E-state index is 0.245. The van der Waals surface area contributed by atoms with Crippen LogP contribution >= 0.6 is 11.6 Å². The lowest BCUT2D eigenvalue weighted by molar-refractivity contribution is 0.699. The SMILES string of the molecule is Cc1cnc(C2(C)CC2)nc1CCl. The van der Waals surface area contributed by atoms with Gasteiger partial charge in [-0.2, -0.15) is 0 Å². The van der Waals surface area contributed by atoms with Gasteiger partial charge < -0.3 is 0 Å². The molecular weight excluding hydrogens is 184 g/mol. The number of halogens is 1. The molecule has 1 fully saturated rings. The third-order valence-electron chi connectivity index (χ3n) is 2.74. The summed E-state index contributed by atoms with van der Waals surface area (Å²) >= 11 is 5.78. The van der Waals surface area contributed by atoms with Gasteiger partial charge in [-0.25, -0.2) is 9.97 Å². The highest BCUT2D eigenvalue weighted by molar-refractivity contribution is 6.16. The third-order valence-corrected chi connectivity index (χ3v) is 3.00. The van der Waals surface area contributed by atoms with Crippen LogP contribution in [-0.4, -0.2) is 9.97 Å². The summed E-state index contributed by atoms with van der Waals surface area (Å²) in [5.41, 5.74) is 2.30. The zero-order valence-electron chi connectivity index (χ0n) is 7.97. The summed E-state index contributed by atoms with van der Waals surface area (Å²) in [5.74, 6) is 1.45. The van der Waals surface area contributed by atoms with Crippen molar-refractivity contribution in [3.8, 4) is 0 Å². The van der Waals surface area contributed by atoms with Crippen molar-refractivity contribution in [3.05, 3.63) is 23.3 Å². The quantitative estimate of drug-likeness (QED) is 0.680. The van der Waals surface area contributed by atoms with E-state index >= 15 is 0 Å². The van der Waals surface area contributed by atoms with Gasteiger partial charge in [-0.15, -0.1) is 11.6 Å². The Bertz CT molecular complexity index is 332. The summed E-state index contributed by atoms with van der Waals surface area (Å²) in [6, 6.07) is 0. The second kappa shape index (κ2) is 2.95. The van der Waals surface area contributed by atoms with Gasteiger partial charge in [-0.1, -0.05) is 6.92 Å². The molecule has 0 amide bonds. The summed E-state index contributed by atoms with van der Waals surface area (Å²) in [6.45, 7) is 4.20. The van der Waals surface area contributed by atoms with Gasteiger partial charge in [0.15, 0.2) is 0 Å². The van der Waals surface area contributed by atoms with Gasteiger partial charge in [-0.3, -0.25) is 0 Å². The largest absolute Gasteiger partial charge is 0.240 e. The van der Waals surface area contributed by atoms with Crippen molar-refractivity contribution in [1.82, 2.24) is 9.97 Å². The van der Waals surface area contributed by atoms with Crippen LogP contribution in [0.4, 0.5) is 0 Å². The number of hydrogen-bond acceptors (Lipinski definition) is 2. The van der Waals surface area contributed by atoms with E-state index in [2.05, 4.69) is 16.9 Å². The number of nitrogens with zero attached hydrogens (tertiary/aromatic N) is 2. The first-order chi connectivity index (χ1) is 6.15. The molecule has 1 aromatic heterocycles. The highest BCUT2D eigenvalue weighted by atomic mass is 35.5. The second-order valence-corrected chi connectivity index (χ2v) is 4.28. The van der Waals surface area contributed by atoms with Crippen LogP contribution in [0, 0.1) is 6.92 Å². The fraction of sp³-hybridized carbons (Fsp3) is 0.600. The molecule has 0 unspecified atom stereocenters. The Morgan fingerprint density at radius 3 is 2.77 bits per heavy atom. The predicted octanol–water partition coefficient (Wildman–Crippen LogP) is 2.58. The summed E-state index contributed by atoms with van der Waals surface area (Å²) < 4.78 is 0. The highest BCUT2D eigenvalue weighted by Gasteiger charge is 2.42. The fourth-order valence-corrected chi connectivity index (χ4v) is 1.59. The maximum absolute atomic E-state index is 5.78. The molecule has 1 heterocycles. The molecule has 1 aliphatic carbocycles. The molecule has 0 spiro atoms. The van der Waals surface area contributed by atoms with E-state index < -0.39 is 0 Å². The predicted molar refractivity (Wildman–Crippen MR) is 52.9 cm³/mol. The normalized spacial score (nSPS) is 18.7. The molecule has 0 aliphatic heterocycles. The minimum Gasteiger partial charge on any atom is -0.240 e. The van der Waals surface area contributed by atoms with Crippen LogP contribution in [0.3, 0.4) is 0 Å². The smallest absolute Gasteiger partial charge is 0.134 e. The highest BCUT2D eigenvalue weighted by Crippen LogP contribution is 2.45. The Kier molecular flexibility index (Phi) is 2.03. The third kappa shape index (κ3) is 1.55. The van der Waals surface area contributed by atoms with Gasteiger partial charge in [0.1, 0.15) is 5.82 Å². The van der Waals surface area contributed by atoms with E-state index in [4.69, 9.17) is 11.6 Å². The molecule has 2 nitrogen and oxygen atoms in total. The Hall–Kier alpha value is -0.630. The molecule has 1 aliphatic rings. The van der Waals surface area contributed by atoms with Gasteiger partial charge in [0.05, 0.1) is 11.6 Å². The molecule has 70 valence electrons. The molecule has 0 N–H and O–H groups in total. The molecule has 0 aromatic carbocycles. The van der Waals surface area contributed by atoms with Crippen LogP contribution in [-0.2, 0) is 11.3 Å². The standard InChI is InChI=1S/C10H13ClN2/c1-7-6-12-9(10(2)3-4-10)13-8(7)5-11/h6H,3-5H2,1-2H3. The van der Waals surface area contributed by atoms with E-state index in [-0.39, 0.29) is 5.41 Å². The number of aryl methyl sites for hydroxylation is 1. The molecular formula is C10H13ClN2. The lowest BCUT2D eigenvalue weighted by atomic mass is 10.1. The second-order valence-electron chi connectivity index (χ2n) is 4.02. The van der Waals surface area contributed by atoms with Crippen LogP contribution in [0.2, 0.25) is 0 Å². The monoisotopic (exact) mass is 196 g/mol. The first-order valence-electron chi connectivity index (χ1n) is 4.55. The van der Waals surface area contributed by atoms with E-state index in [1.54, 1.807) is 0 Å². The number of hydrogen-bond donors (Lipinski definition) is 0. The van der Waals surface area contributed by atoms with Crippen LogP contribution in [0.5, 0.6) is 0 Å². The Labute approximate surface area is 83.4 Å². The van der Waals surface area contributed by atoms with Crippen molar-refractivity contribution in [2.24, 2.45) is 0 Å². The van der Waals surface area contributed by atoms with Crippen molar-refractivity contribution in [1.29, 1.82) is 0 Å². The lowest BCUT2D eigenvalue weighted by Crippen LogP contribution is -2.09. The van der Waals surface area contributed by atoms with Crippen molar-refractivity contribution in [2.75, 3.05) is 0 Å². The molecule has 1 aromatic rings. The summed E-state index contributed by atoms with van der Waals surface area (Å²) in [7, 11) is 0. The summed E-state index contributed by atoms with van der Waals surface area (Å²) in [4.78, 5) is 8.83. The lowest BCUT2D eigenvalue weighted by Gasteiger charge is -2.08. The van der Waals surface area contributed by atoms with Crippen LogP contribution < -0.4 is 0 Å². The molecule has 2 rings (SSSR count). The van der Waals surface area contributed by atoms with Gasteiger partial charge in [0, 0.05) is 11.6 Å². The van der Waals surface area contributed by atoms with Crippen LogP contribution in [0.25, 0.3) is 0 Å². The van der Waals surface area contributed by atoms with Crippen LogP contribution in [0.1, 0.15) is 36.8 Å². The van der Waals surface area contributed by atoms with Gasteiger partial charge in [0.2, 0.25) is 0 Å². The Morgan fingerprint density at radius 1 is 1.54 bits per heavy atom. The fourth-order valence-electron chi connectivity index (χ4n) is 1.31. The zero-order valence-corrected chi connectivity index (χ0v) is 8.73. The van der Waals surface area contributed by atoms with E-state index in [1.165, 1.54) is 12.8 Å². The molecule has 3 heteroatoms. The number of aromatic nitrogens is 2.